The summed E-state index contributed by atoms with van der Waals surface area (Å²) in [7, 11) is 0. The number of ether oxygens (including phenoxy) is 3. The Morgan fingerprint density at radius 3 is 2.64 bits per heavy atom. The number of aliphatic hydroxyl groups is 1. The normalized spacial score (nSPS) is 32.4. The number of carbonyl (C=O) groups is 2. The lowest BCUT2D eigenvalue weighted by molar-refractivity contribution is -0.257. The van der Waals surface area contributed by atoms with Gasteiger partial charge in [0.25, 0.3) is 0 Å². The molecule has 1 aliphatic heterocycles. The van der Waals surface area contributed by atoms with Gasteiger partial charge in [-0.15, -0.1) is 0 Å². The molecule has 47 heavy (non-hydrogen) atoms. The predicted molar refractivity (Wildman–Crippen MR) is 165 cm³/mol. The first-order valence-electron chi connectivity index (χ1n) is 15.7. The fraction of sp³-hybridized carbons (Fsp3) is 0.472. The van der Waals surface area contributed by atoms with E-state index in [4.69, 9.17) is 23.9 Å². The van der Waals surface area contributed by atoms with E-state index in [9.17, 15) is 23.9 Å². The third-order valence-corrected chi connectivity index (χ3v) is 11.2. The van der Waals surface area contributed by atoms with Gasteiger partial charge in [0.2, 0.25) is 0 Å². The summed E-state index contributed by atoms with van der Waals surface area (Å²) >= 11 is 0. The van der Waals surface area contributed by atoms with E-state index in [2.05, 4.69) is 18.8 Å². The van der Waals surface area contributed by atoms with Crippen LogP contribution >= 0.6 is 0 Å². The number of nitrogens with zero attached hydrogens (tertiary/aromatic N) is 2. The first-order chi connectivity index (χ1) is 22.2. The molecule has 6 rings (SSSR count). The van der Waals surface area contributed by atoms with Crippen molar-refractivity contribution in [3.8, 4) is 23.1 Å². The van der Waals surface area contributed by atoms with Gasteiger partial charge < -0.3 is 23.7 Å². The molecule has 0 spiro atoms. The van der Waals surface area contributed by atoms with Crippen LogP contribution in [0, 0.1) is 45.7 Å². The van der Waals surface area contributed by atoms with E-state index in [-0.39, 0.29) is 53.1 Å². The molecule has 2 saturated carbocycles. The minimum atomic E-state index is -1.37. The summed E-state index contributed by atoms with van der Waals surface area (Å²) in [5.41, 5.74) is -3.19. The molecule has 1 aromatic carbocycles. The number of hydrogen-bond acceptors (Lipinski definition) is 10. The number of hydrogen-bond donors (Lipinski definition) is 1. The van der Waals surface area contributed by atoms with Crippen LogP contribution in [-0.4, -0.2) is 40.3 Å². The number of aromatic nitrogens is 1. The molecule has 2 aromatic heterocycles. The van der Waals surface area contributed by atoms with E-state index in [0.29, 0.717) is 12.0 Å². The van der Waals surface area contributed by atoms with Crippen LogP contribution in [0.4, 0.5) is 4.39 Å². The van der Waals surface area contributed by atoms with Crippen LogP contribution in [0.1, 0.15) is 81.5 Å². The van der Waals surface area contributed by atoms with E-state index in [1.807, 2.05) is 6.92 Å². The number of halogens is 1. The summed E-state index contributed by atoms with van der Waals surface area (Å²) in [6.07, 6.45) is 2.45. The minimum absolute atomic E-state index is 0.0264. The summed E-state index contributed by atoms with van der Waals surface area (Å²) in [5, 5.41) is 21.4. The topological polar surface area (TPSA) is 149 Å². The SMILES string of the molecule is CC(=O)OCC1(C)C2C[C@H](OC(=O)c3ccc(C#N)c(F)c3)[C@@]3(C)Oc4cc(-c5cccnc5)oc(=O)c4C(O)C3[C@@]2(C)CC[C@@H]1C. The average Bonchev–Trinajstić information content (AvgIpc) is 3.03. The quantitative estimate of drug-likeness (QED) is 0.340. The molecule has 3 aromatic rings. The van der Waals surface area contributed by atoms with Crippen molar-refractivity contribution in [1.29, 1.82) is 5.26 Å². The molecule has 11 heteroatoms. The molecule has 3 aliphatic rings. The molecule has 1 N–H and O–H groups in total. The number of carbonyl (C=O) groups excluding carboxylic acids is 2. The average molecular weight is 645 g/mol. The molecule has 10 nitrogen and oxygen atoms in total. The Morgan fingerprint density at radius 1 is 1.21 bits per heavy atom. The third-order valence-electron chi connectivity index (χ3n) is 11.2. The van der Waals surface area contributed by atoms with Gasteiger partial charge in [0.05, 0.1) is 23.8 Å². The molecule has 8 atom stereocenters. The Kier molecular flexibility index (Phi) is 7.99. The molecule has 2 aliphatic carbocycles. The zero-order chi connectivity index (χ0) is 33.9. The van der Waals surface area contributed by atoms with Crippen LogP contribution in [0.2, 0.25) is 0 Å². The molecular formula is C36H37FN2O8. The van der Waals surface area contributed by atoms with Crippen LogP contribution in [0.15, 0.2) is 58.0 Å². The van der Waals surface area contributed by atoms with Crippen molar-refractivity contribution in [2.45, 2.75) is 71.7 Å². The Balaban J connectivity index is 1.49. The van der Waals surface area contributed by atoms with E-state index < -0.39 is 57.9 Å². The second kappa shape index (κ2) is 11.6. The Labute approximate surface area is 271 Å². The van der Waals surface area contributed by atoms with Gasteiger partial charge >= 0.3 is 17.6 Å². The number of rotatable bonds is 5. The maximum absolute atomic E-state index is 14.6. The first kappa shape index (κ1) is 32.4. The fourth-order valence-corrected chi connectivity index (χ4v) is 8.63. The zero-order valence-electron chi connectivity index (χ0n) is 26.9. The predicted octanol–water partition coefficient (Wildman–Crippen LogP) is 5.76. The molecule has 0 bridgehead atoms. The summed E-state index contributed by atoms with van der Waals surface area (Å²) in [6.45, 7) is 9.41. The summed E-state index contributed by atoms with van der Waals surface area (Å²) in [4.78, 5) is 43.3. The number of pyridine rings is 1. The summed E-state index contributed by atoms with van der Waals surface area (Å²) < 4.78 is 38.8. The van der Waals surface area contributed by atoms with Crippen molar-refractivity contribution in [3.05, 3.63) is 81.7 Å². The second-order valence-corrected chi connectivity index (χ2v) is 13.8. The Hall–Kier alpha value is -4.56. The van der Waals surface area contributed by atoms with Gasteiger partial charge in [-0.1, -0.05) is 20.8 Å². The number of benzene rings is 1. The number of fused-ring (bicyclic) bond motifs is 4. The molecule has 2 fully saturated rings. The molecular weight excluding hydrogens is 607 g/mol. The van der Waals surface area contributed by atoms with Gasteiger partial charge in [-0.25, -0.2) is 14.0 Å². The van der Waals surface area contributed by atoms with Crippen molar-refractivity contribution in [2.24, 2.45) is 28.6 Å². The third kappa shape index (κ3) is 5.19. The largest absolute Gasteiger partial charge is 0.482 e. The summed E-state index contributed by atoms with van der Waals surface area (Å²) in [5.74, 6) is -2.77. The van der Waals surface area contributed by atoms with E-state index in [1.54, 1.807) is 31.3 Å². The van der Waals surface area contributed by atoms with Crippen molar-refractivity contribution in [2.75, 3.05) is 6.61 Å². The van der Waals surface area contributed by atoms with E-state index >= 15 is 0 Å². The fourth-order valence-electron chi connectivity index (χ4n) is 8.63. The lowest BCUT2D eigenvalue weighted by atomic mass is 9.41. The highest BCUT2D eigenvalue weighted by molar-refractivity contribution is 5.89. The molecule has 3 heterocycles. The highest BCUT2D eigenvalue weighted by Gasteiger charge is 2.70. The molecule has 0 amide bonds. The highest BCUT2D eigenvalue weighted by Crippen LogP contribution is 2.68. The lowest BCUT2D eigenvalue weighted by Crippen LogP contribution is -2.70. The molecule has 0 radical (unpaired) electrons. The first-order valence-corrected chi connectivity index (χ1v) is 15.7. The minimum Gasteiger partial charge on any atom is -0.482 e. The smallest absolute Gasteiger partial charge is 0.345 e. The van der Waals surface area contributed by atoms with E-state index in [0.717, 1.165) is 12.5 Å². The van der Waals surface area contributed by atoms with Crippen LogP contribution in [0.25, 0.3) is 11.3 Å². The van der Waals surface area contributed by atoms with Crippen LogP contribution in [-0.2, 0) is 14.3 Å². The number of nitriles is 1. The van der Waals surface area contributed by atoms with Crippen molar-refractivity contribution in [3.63, 3.8) is 0 Å². The van der Waals surface area contributed by atoms with Crippen LogP contribution in [0.5, 0.6) is 5.75 Å². The number of esters is 2. The maximum atomic E-state index is 14.6. The zero-order valence-corrected chi connectivity index (χ0v) is 26.9. The van der Waals surface area contributed by atoms with Gasteiger partial charge in [-0.2, -0.15) is 5.26 Å². The van der Waals surface area contributed by atoms with Gasteiger partial charge in [0.15, 0.2) is 0 Å². The van der Waals surface area contributed by atoms with Crippen LogP contribution in [0.3, 0.4) is 0 Å². The highest BCUT2D eigenvalue weighted by atomic mass is 19.1. The van der Waals surface area contributed by atoms with E-state index in [1.165, 1.54) is 31.3 Å². The maximum Gasteiger partial charge on any atom is 0.345 e. The standard InChI is InChI=1S/C36H37FN2O8/c1-19-10-11-34(3)27(35(19,4)18-44-20(2)40)15-28(46-32(42)21-8-9-22(16-38)24(37)13-21)36(5)31(34)30(41)29-26(47-36)14-25(45-33(29)43)23-7-6-12-39-17-23/h6-9,12-14,17,19,27-28,30-31,41H,10-11,15,18H2,1-5H3/t19-,27?,28-,30?,31?,34-,35?,36+/m0/s1. The Morgan fingerprint density at radius 2 is 1.98 bits per heavy atom. The van der Waals surface area contributed by atoms with Gasteiger partial charge in [0.1, 0.15) is 40.7 Å². The lowest BCUT2D eigenvalue weighted by Gasteiger charge is -2.66. The van der Waals surface area contributed by atoms with Crippen molar-refractivity contribution in [1.82, 2.24) is 4.98 Å². The molecule has 4 unspecified atom stereocenters. The Bertz CT molecular complexity index is 1840. The summed E-state index contributed by atoms with van der Waals surface area (Å²) in [6, 6.07) is 10.2. The van der Waals surface area contributed by atoms with Gasteiger partial charge in [-0.3, -0.25) is 9.78 Å². The second-order valence-electron chi connectivity index (χ2n) is 13.8. The van der Waals surface area contributed by atoms with Crippen molar-refractivity contribution < 1.29 is 37.7 Å². The van der Waals surface area contributed by atoms with Gasteiger partial charge in [-0.05, 0) is 73.8 Å². The monoisotopic (exact) mass is 644 g/mol. The number of aliphatic hydroxyl groups excluding tert-OH is 1. The molecule has 246 valence electrons. The molecule has 0 saturated heterocycles. The van der Waals surface area contributed by atoms with Crippen molar-refractivity contribution >= 4 is 11.9 Å². The van der Waals surface area contributed by atoms with Gasteiger partial charge in [0, 0.05) is 42.3 Å². The van der Waals surface area contributed by atoms with Crippen LogP contribution < -0.4 is 10.4 Å².